The maximum Gasteiger partial charge on any atom is 0.270 e. The minimum absolute atomic E-state index is 0.0537. The van der Waals surface area contributed by atoms with Crippen molar-refractivity contribution in [2.45, 2.75) is 26.2 Å². The van der Waals surface area contributed by atoms with Gasteiger partial charge in [0.1, 0.15) is 5.56 Å². The monoisotopic (exact) mass is 223 g/mol. The van der Waals surface area contributed by atoms with E-state index < -0.39 is 5.91 Å². The predicted octanol–water partition coefficient (Wildman–Crippen LogP) is 0.286. The Morgan fingerprint density at radius 2 is 1.94 bits per heavy atom. The Labute approximate surface area is 94.2 Å². The third-order valence-electron chi connectivity index (χ3n) is 2.45. The second-order valence-electron chi connectivity index (χ2n) is 4.72. The Morgan fingerprint density at radius 3 is 2.38 bits per heavy atom. The maximum absolute atomic E-state index is 11.9. The summed E-state index contributed by atoms with van der Waals surface area (Å²) in [5.74, 6) is 4.43. The number of nitrogens with two attached hydrogens (primary N) is 1. The molecule has 1 aromatic heterocycles. The minimum atomic E-state index is -0.568. The van der Waals surface area contributed by atoms with E-state index in [-0.39, 0.29) is 16.5 Å². The van der Waals surface area contributed by atoms with Crippen molar-refractivity contribution in [3.05, 3.63) is 33.7 Å². The van der Waals surface area contributed by atoms with Gasteiger partial charge in [0, 0.05) is 18.2 Å². The molecule has 0 aliphatic heterocycles. The number of nitrogens with zero attached hydrogens (tertiary/aromatic N) is 1. The normalized spacial score (nSPS) is 11.3. The van der Waals surface area contributed by atoms with Crippen molar-refractivity contribution in [2.24, 2.45) is 12.9 Å². The van der Waals surface area contributed by atoms with Crippen LogP contribution in [0.1, 0.15) is 36.8 Å². The largest absolute Gasteiger partial charge is 0.315 e. The van der Waals surface area contributed by atoms with Crippen molar-refractivity contribution >= 4 is 5.91 Å². The molecule has 0 aliphatic rings. The van der Waals surface area contributed by atoms with Gasteiger partial charge in [-0.05, 0) is 12.1 Å². The van der Waals surface area contributed by atoms with Crippen LogP contribution < -0.4 is 16.8 Å². The number of amides is 1. The lowest BCUT2D eigenvalue weighted by Gasteiger charge is -2.22. The summed E-state index contributed by atoms with van der Waals surface area (Å²) in [6.07, 6.45) is 0. The fraction of sp³-hybridized carbons (Fsp3) is 0.455. The van der Waals surface area contributed by atoms with E-state index >= 15 is 0 Å². The average molecular weight is 223 g/mol. The first-order valence-electron chi connectivity index (χ1n) is 5.00. The summed E-state index contributed by atoms with van der Waals surface area (Å²) in [6.45, 7) is 6.01. The van der Waals surface area contributed by atoms with Gasteiger partial charge in [0.25, 0.3) is 11.5 Å². The molecule has 5 heteroatoms. The van der Waals surface area contributed by atoms with E-state index in [2.05, 4.69) is 0 Å². The van der Waals surface area contributed by atoms with Crippen LogP contribution in [0.2, 0.25) is 0 Å². The maximum atomic E-state index is 11.9. The summed E-state index contributed by atoms with van der Waals surface area (Å²) in [7, 11) is 1.65. The smallest absolute Gasteiger partial charge is 0.270 e. The van der Waals surface area contributed by atoms with E-state index in [9.17, 15) is 9.59 Å². The molecule has 1 aromatic rings. The van der Waals surface area contributed by atoms with E-state index in [0.29, 0.717) is 0 Å². The Morgan fingerprint density at radius 1 is 1.38 bits per heavy atom. The van der Waals surface area contributed by atoms with Crippen LogP contribution in [0.25, 0.3) is 0 Å². The van der Waals surface area contributed by atoms with Gasteiger partial charge in [-0.3, -0.25) is 15.0 Å². The van der Waals surface area contributed by atoms with Gasteiger partial charge >= 0.3 is 0 Å². The highest BCUT2D eigenvalue weighted by Gasteiger charge is 2.20. The molecule has 0 bridgehead atoms. The fourth-order valence-electron chi connectivity index (χ4n) is 1.64. The molecule has 0 unspecified atom stereocenters. The number of hydrazine groups is 1. The van der Waals surface area contributed by atoms with Crippen molar-refractivity contribution in [2.75, 3.05) is 0 Å². The number of carbonyl (C=O) groups is 1. The van der Waals surface area contributed by atoms with Crippen LogP contribution >= 0.6 is 0 Å². The number of rotatable bonds is 1. The summed E-state index contributed by atoms with van der Waals surface area (Å²) in [5, 5.41) is 0. The topological polar surface area (TPSA) is 77.1 Å². The van der Waals surface area contributed by atoms with Gasteiger partial charge in [0.2, 0.25) is 0 Å². The molecule has 0 aliphatic carbocycles. The fourth-order valence-corrected chi connectivity index (χ4v) is 1.64. The molecule has 1 heterocycles. The van der Waals surface area contributed by atoms with Gasteiger partial charge in [-0.15, -0.1) is 0 Å². The molecule has 0 saturated heterocycles. The second-order valence-corrected chi connectivity index (χ2v) is 4.72. The highest BCUT2D eigenvalue weighted by Crippen LogP contribution is 2.20. The first-order chi connectivity index (χ1) is 7.29. The molecule has 0 atom stereocenters. The predicted molar refractivity (Wildman–Crippen MR) is 62.0 cm³/mol. The molecule has 0 radical (unpaired) electrons. The molecule has 1 amide bonds. The molecule has 1 rings (SSSR count). The Hall–Kier alpha value is -1.62. The van der Waals surface area contributed by atoms with Gasteiger partial charge < -0.3 is 4.57 Å². The van der Waals surface area contributed by atoms with Gasteiger partial charge in [-0.2, -0.15) is 0 Å². The van der Waals surface area contributed by atoms with Gasteiger partial charge in [0.05, 0.1) is 0 Å². The molecular weight excluding hydrogens is 206 g/mol. The SMILES string of the molecule is Cn1c(C(C)(C)C)ccc(C(=O)NN)c1=O. The lowest BCUT2D eigenvalue weighted by atomic mass is 9.91. The number of hydrogen-bond acceptors (Lipinski definition) is 3. The van der Waals surface area contributed by atoms with Gasteiger partial charge in [0.15, 0.2) is 0 Å². The Kier molecular flexibility index (Phi) is 3.19. The van der Waals surface area contributed by atoms with Crippen molar-refractivity contribution in [1.82, 2.24) is 9.99 Å². The van der Waals surface area contributed by atoms with Crippen molar-refractivity contribution in [3.8, 4) is 0 Å². The first-order valence-corrected chi connectivity index (χ1v) is 5.00. The molecule has 0 fully saturated rings. The van der Waals surface area contributed by atoms with Gasteiger partial charge in [-0.1, -0.05) is 20.8 Å². The number of hydrogen-bond donors (Lipinski definition) is 2. The number of pyridine rings is 1. The quantitative estimate of drug-likeness (QED) is 0.408. The average Bonchev–Trinajstić information content (AvgIpc) is 2.19. The Bertz CT molecular complexity index is 469. The van der Waals surface area contributed by atoms with E-state index in [1.165, 1.54) is 10.6 Å². The molecule has 3 N–H and O–H groups in total. The summed E-state index contributed by atoms with van der Waals surface area (Å²) >= 11 is 0. The van der Waals surface area contributed by atoms with Crippen LogP contribution in [0.5, 0.6) is 0 Å². The third-order valence-corrected chi connectivity index (χ3v) is 2.45. The number of nitrogens with one attached hydrogen (secondary N) is 1. The lowest BCUT2D eigenvalue weighted by molar-refractivity contribution is 0.0951. The lowest BCUT2D eigenvalue weighted by Crippen LogP contribution is -2.37. The minimum Gasteiger partial charge on any atom is -0.315 e. The van der Waals surface area contributed by atoms with Crippen molar-refractivity contribution in [3.63, 3.8) is 0 Å². The van der Waals surface area contributed by atoms with Crippen LogP contribution in [-0.2, 0) is 12.5 Å². The highest BCUT2D eigenvalue weighted by molar-refractivity contribution is 5.93. The van der Waals surface area contributed by atoms with E-state index in [1.807, 2.05) is 26.2 Å². The molecule has 88 valence electrons. The molecule has 0 saturated carbocycles. The van der Waals surface area contributed by atoms with Crippen molar-refractivity contribution in [1.29, 1.82) is 0 Å². The summed E-state index contributed by atoms with van der Waals surface area (Å²) in [6, 6.07) is 3.27. The molecule has 16 heavy (non-hydrogen) atoms. The molecular formula is C11H17N3O2. The van der Waals surface area contributed by atoms with Crippen molar-refractivity contribution < 1.29 is 4.79 Å². The summed E-state index contributed by atoms with van der Waals surface area (Å²) in [5.41, 5.74) is 2.39. The third kappa shape index (κ3) is 2.14. The first kappa shape index (κ1) is 12.4. The zero-order valence-electron chi connectivity index (χ0n) is 10.00. The Balaban J connectivity index is 3.41. The van der Waals surface area contributed by atoms with Crippen LogP contribution in [0, 0.1) is 0 Å². The van der Waals surface area contributed by atoms with Crippen LogP contribution in [-0.4, -0.2) is 10.5 Å². The number of aromatic nitrogens is 1. The van der Waals surface area contributed by atoms with E-state index in [4.69, 9.17) is 5.84 Å². The number of nitrogen functional groups attached to an aromatic ring is 1. The highest BCUT2D eigenvalue weighted by atomic mass is 16.2. The summed E-state index contributed by atoms with van der Waals surface area (Å²) < 4.78 is 1.48. The molecule has 5 nitrogen and oxygen atoms in total. The molecule has 0 spiro atoms. The van der Waals surface area contributed by atoms with E-state index in [0.717, 1.165) is 5.69 Å². The zero-order valence-corrected chi connectivity index (χ0v) is 10.00. The van der Waals surface area contributed by atoms with E-state index in [1.54, 1.807) is 13.1 Å². The summed E-state index contributed by atoms with van der Waals surface area (Å²) in [4.78, 5) is 23.2. The van der Waals surface area contributed by atoms with Crippen LogP contribution in [0.15, 0.2) is 16.9 Å². The zero-order chi connectivity index (χ0) is 12.5. The second kappa shape index (κ2) is 4.09. The van der Waals surface area contributed by atoms with Crippen LogP contribution in [0.3, 0.4) is 0 Å². The standard InChI is InChI=1S/C11H17N3O2/c1-11(2,3)8-6-5-7(9(15)13-12)10(16)14(8)4/h5-6H,12H2,1-4H3,(H,13,15). The number of carbonyl (C=O) groups excluding carboxylic acids is 1. The van der Waals surface area contributed by atoms with Crippen LogP contribution in [0.4, 0.5) is 0 Å². The van der Waals surface area contributed by atoms with Gasteiger partial charge in [-0.25, -0.2) is 5.84 Å². The molecule has 0 aromatic carbocycles.